The highest BCUT2D eigenvalue weighted by atomic mass is 15.2. The van der Waals surface area contributed by atoms with Crippen molar-refractivity contribution in [2.75, 3.05) is 0 Å². The first-order chi connectivity index (χ1) is 7.93. The van der Waals surface area contributed by atoms with Gasteiger partial charge in [-0.15, -0.1) is 0 Å². The fraction of sp³-hybridized carbons (Fsp3) is 0.846. The molecule has 1 aromatic rings. The molecule has 0 amide bonds. The van der Waals surface area contributed by atoms with E-state index in [0.29, 0.717) is 0 Å². The van der Waals surface area contributed by atoms with Crippen LogP contribution in [0.3, 0.4) is 0 Å². The van der Waals surface area contributed by atoms with Crippen molar-refractivity contribution in [3.63, 3.8) is 0 Å². The summed E-state index contributed by atoms with van der Waals surface area (Å²) in [5.74, 6) is 0.961. The van der Waals surface area contributed by atoms with Gasteiger partial charge in [-0.1, -0.05) is 58.3 Å². The maximum absolute atomic E-state index is 4.12. The van der Waals surface area contributed by atoms with Gasteiger partial charge in [0.05, 0.1) is 0 Å². The smallest absolute Gasteiger partial charge is 0.150 e. The number of nitrogens with one attached hydrogen (secondary N) is 1. The van der Waals surface area contributed by atoms with Crippen LogP contribution in [0.4, 0.5) is 0 Å². The van der Waals surface area contributed by atoms with E-state index in [0.717, 1.165) is 12.2 Å². The van der Waals surface area contributed by atoms with Crippen LogP contribution >= 0.6 is 0 Å². The summed E-state index contributed by atoms with van der Waals surface area (Å²) in [5.41, 5.74) is 0. The van der Waals surface area contributed by atoms with E-state index in [-0.39, 0.29) is 0 Å². The van der Waals surface area contributed by atoms with E-state index in [1.54, 1.807) is 6.33 Å². The summed E-state index contributed by atoms with van der Waals surface area (Å²) in [6.07, 6.45) is 15.0. The Hall–Kier alpha value is -0.860. The van der Waals surface area contributed by atoms with Crippen molar-refractivity contribution in [3.05, 3.63) is 12.2 Å². The summed E-state index contributed by atoms with van der Waals surface area (Å²) in [7, 11) is 0. The number of H-pyrrole nitrogens is 1. The van der Waals surface area contributed by atoms with Crippen LogP contribution < -0.4 is 0 Å². The quantitative estimate of drug-likeness (QED) is 0.612. The molecule has 16 heavy (non-hydrogen) atoms. The lowest BCUT2D eigenvalue weighted by Gasteiger charge is -2.00. The molecule has 0 unspecified atom stereocenters. The third-order valence-electron chi connectivity index (χ3n) is 2.97. The van der Waals surface area contributed by atoms with Crippen LogP contribution in [0.25, 0.3) is 0 Å². The molecule has 0 bridgehead atoms. The van der Waals surface area contributed by atoms with Gasteiger partial charge in [-0.3, -0.25) is 5.10 Å². The molecule has 0 saturated carbocycles. The zero-order valence-corrected chi connectivity index (χ0v) is 10.5. The van der Waals surface area contributed by atoms with Crippen molar-refractivity contribution >= 4 is 0 Å². The molecule has 1 heterocycles. The number of hydrogen-bond acceptors (Lipinski definition) is 2. The van der Waals surface area contributed by atoms with E-state index in [4.69, 9.17) is 0 Å². The molecule has 0 fully saturated rings. The SMILES string of the molecule is CCCCCCCCCCCc1nc[nH]n1. The molecule has 0 spiro atoms. The Bertz CT molecular complexity index is 231. The fourth-order valence-electron chi connectivity index (χ4n) is 1.95. The molecular weight excluding hydrogens is 198 g/mol. The number of nitrogens with zero attached hydrogens (tertiary/aromatic N) is 2. The topological polar surface area (TPSA) is 41.6 Å². The van der Waals surface area contributed by atoms with Crippen LogP contribution in [0, 0.1) is 0 Å². The van der Waals surface area contributed by atoms with E-state index in [2.05, 4.69) is 22.1 Å². The first kappa shape index (κ1) is 13.2. The number of aromatic nitrogens is 3. The Labute approximate surface area is 99.1 Å². The highest BCUT2D eigenvalue weighted by molar-refractivity contribution is 4.79. The average molecular weight is 223 g/mol. The van der Waals surface area contributed by atoms with Crippen molar-refractivity contribution in [1.82, 2.24) is 15.2 Å². The third kappa shape index (κ3) is 6.59. The molecule has 0 aliphatic carbocycles. The molecule has 0 aromatic carbocycles. The van der Waals surface area contributed by atoms with Crippen LogP contribution in [0.2, 0.25) is 0 Å². The van der Waals surface area contributed by atoms with Crippen LogP contribution in [0.5, 0.6) is 0 Å². The van der Waals surface area contributed by atoms with Crippen molar-refractivity contribution < 1.29 is 0 Å². The Morgan fingerprint density at radius 2 is 1.56 bits per heavy atom. The van der Waals surface area contributed by atoms with Crippen molar-refractivity contribution in [2.45, 2.75) is 71.1 Å². The molecule has 1 rings (SSSR count). The summed E-state index contributed by atoms with van der Waals surface area (Å²) in [6, 6.07) is 0. The van der Waals surface area contributed by atoms with Gasteiger partial charge < -0.3 is 0 Å². The van der Waals surface area contributed by atoms with Crippen LogP contribution in [0.1, 0.15) is 70.5 Å². The largest absolute Gasteiger partial charge is 0.266 e. The summed E-state index contributed by atoms with van der Waals surface area (Å²) >= 11 is 0. The summed E-state index contributed by atoms with van der Waals surface area (Å²) in [6.45, 7) is 2.27. The first-order valence-corrected chi connectivity index (χ1v) is 6.78. The lowest BCUT2D eigenvalue weighted by Crippen LogP contribution is -1.89. The van der Waals surface area contributed by atoms with Gasteiger partial charge in [0.15, 0.2) is 0 Å². The highest BCUT2D eigenvalue weighted by Gasteiger charge is 1.96. The fourth-order valence-corrected chi connectivity index (χ4v) is 1.95. The molecule has 0 aliphatic rings. The zero-order valence-electron chi connectivity index (χ0n) is 10.5. The molecule has 92 valence electrons. The molecule has 3 heteroatoms. The minimum absolute atomic E-state index is 0.961. The van der Waals surface area contributed by atoms with E-state index >= 15 is 0 Å². The minimum atomic E-state index is 0.961. The van der Waals surface area contributed by atoms with Crippen LogP contribution in [-0.2, 0) is 6.42 Å². The van der Waals surface area contributed by atoms with E-state index < -0.39 is 0 Å². The molecule has 0 aliphatic heterocycles. The van der Waals surface area contributed by atoms with Crippen molar-refractivity contribution in [3.8, 4) is 0 Å². The number of unbranched alkanes of at least 4 members (excludes halogenated alkanes) is 8. The van der Waals surface area contributed by atoms with E-state index in [1.165, 1.54) is 57.8 Å². The lowest BCUT2D eigenvalue weighted by molar-refractivity contribution is 0.562. The number of aryl methyl sites for hydroxylation is 1. The predicted molar refractivity (Wildman–Crippen MR) is 67.3 cm³/mol. The Morgan fingerprint density at radius 1 is 0.938 bits per heavy atom. The van der Waals surface area contributed by atoms with Gasteiger partial charge >= 0.3 is 0 Å². The zero-order chi connectivity index (χ0) is 11.5. The van der Waals surface area contributed by atoms with Gasteiger partial charge in [0.1, 0.15) is 12.2 Å². The molecule has 0 atom stereocenters. The second kappa shape index (κ2) is 9.37. The standard InChI is InChI=1S/C13H25N3/c1-2-3-4-5-6-7-8-9-10-11-13-14-12-15-16-13/h12H,2-11H2,1H3,(H,14,15,16). The van der Waals surface area contributed by atoms with Gasteiger partial charge in [0.2, 0.25) is 0 Å². The Morgan fingerprint density at radius 3 is 2.12 bits per heavy atom. The van der Waals surface area contributed by atoms with Gasteiger partial charge in [-0.2, -0.15) is 5.10 Å². The number of aromatic amines is 1. The van der Waals surface area contributed by atoms with E-state index in [9.17, 15) is 0 Å². The van der Waals surface area contributed by atoms with Crippen LogP contribution in [0.15, 0.2) is 6.33 Å². The predicted octanol–water partition coefficient (Wildman–Crippen LogP) is 3.88. The third-order valence-corrected chi connectivity index (χ3v) is 2.97. The van der Waals surface area contributed by atoms with Crippen LogP contribution in [-0.4, -0.2) is 15.2 Å². The Kier molecular flexibility index (Phi) is 7.74. The molecule has 0 radical (unpaired) electrons. The van der Waals surface area contributed by atoms with Gasteiger partial charge in [0.25, 0.3) is 0 Å². The van der Waals surface area contributed by atoms with Gasteiger partial charge in [-0.05, 0) is 6.42 Å². The van der Waals surface area contributed by atoms with Crippen molar-refractivity contribution in [1.29, 1.82) is 0 Å². The maximum Gasteiger partial charge on any atom is 0.150 e. The highest BCUT2D eigenvalue weighted by Crippen LogP contribution is 2.10. The van der Waals surface area contributed by atoms with Crippen molar-refractivity contribution in [2.24, 2.45) is 0 Å². The Balaban J connectivity index is 1.78. The van der Waals surface area contributed by atoms with Gasteiger partial charge in [-0.25, -0.2) is 4.98 Å². The monoisotopic (exact) mass is 223 g/mol. The lowest BCUT2D eigenvalue weighted by atomic mass is 10.1. The van der Waals surface area contributed by atoms with E-state index in [1.807, 2.05) is 0 Å². The second-order valence-corrected chi connectivity index (χ2v) is 4.49. The van der Waals surface area contributed by atoms with Gasteiger partial charge in [0, 0.05) is 6.42 Å². The summed E-state index contributed by atoms with van der Waals surface area (Å²) in [5, 5.41) is 6.80. The first-order valence-electron chi connectivity index (χ1n) is 6.78. The maximum atomic E-state index is 4.12. The molecule has 3 nitrogen and oxygen atoms in total. The number of rotatable bonds is 10. The molecule has 1 aromatic heterocycles. The second-order valence-electron chi connectivity index (χ2n) is 4.49. The summed E-state index contributed by atoms with van der Waals surface area (Å²) < 4.78 is 0. The normalized spacial score (nSPS) is 10.8. The number of hydrogen-bond donors (Lipinski definition) is 1. The molecule has 0 saturated heterocycles. The summed E-state index contributed by atoms with van der Waals surface area (Å²) in [4.78, 5) is 4.12. The minimum Gasteiger partial charge on any atom is -0.266 e. The molecular formula is C13H25N3. The average Bonchev–Trinajstić information content (AvgIpc) is 2.80. The molecule has 1 N–H and O–H groups in total.